The van der Waals surface area contributed by atoms with Crippen molar-refractivity contribution < 1.29 is 14.3 Å². The molecule has 6 nitrogen and oxygen atoms in total. The molecule has 2 aromatic heterocycles. The van der Waals surface area contributed by atoms with E-state index in [1.54, 1.807) is 12.4 Å². The largest absolute Gasteiger partial charge is 0.351 e. The van der Waals surface area contributed by atoms with Crippen molar-refractivity contribution >= 4 is 28.8 Å². The fourth-order valence-electron chi connectivity index (χ4n) is 2.01. The first kappa shape index (κ1) is 15.4. The fourth-order valence-corrected chi connectivity index (χ4v) is 3.21. The van der Waals surface area contributed by atoms with Gasteiger partial charge in [0.1, 0.15) is 9.88 Å². The number of halogens is 1. The third kappa shape index (κ3) is 3.61. The van der Waals surface area contributed by atoms with Crippen LogP contribution in [0.4, 0.5) is 0 Å². The number of ether oxygens (including phenoxy) is 2. The van der Waals surface area contributed by atoms with E-state index in [0.29, 0.717) is 36.1 Å². The van der Waals surface area contributed by atoms with Crippen molar-refractivity contribution in [1.29, 1.82) is 0 Å². The maximum atomic E-state index is 12.2. The van der Waals surface area contributed by atoms with Crippen LogP contribution in [0.1, 0.15) is 16.1 Å². The lowest BCUT2D eigenvalue weighted by Crippen LogP contribution is -2.27. The van der Waals surface area contributed by atoms with Gasteiger partial charge in [-0.3, -0.25) is 9.78 Å². The van der Waals surface area contributed by atoms with Gasteiger partial charge in [-0.15, -0.1) is 11.3 Å². The lowest BCUT2D eigenvalue weighted by Gasteiger charge is -2.09. The Morgan fingerprint density at radius 1 is 1.45 bits per heavy atom. The maximum Gasteiger partial charge on any atom is 0.264 e. The van der Waals surface area contributed by atoms with E-state index in [4.69, 9.17) is 21.1 Å². The highest BCUT2D eigenvalue weighted by Gasteiger charge is 2.19. The average Bonchev–Trinajstić information content (AvgIpc) is 3.17. The summed E-state index contributed by atoms with van der Waals surface area (Å²) in [5.74, 6) is -0.240. The molecule has 2 aromatic rings. The number of carbonyl (C=O) groups excluding carboxylic acids is 1. The van der Waals surface area contributed by atoms with Crippen molar-refractivity contribution in [3.8, 4) is 10.6 Å². The zero-order valence-corrected chi connectivity index (χ0v) is 13.2. The van der Waals surface area contributed by atoms with E-state index < -0.39 is 0 Å². The smallest absolute Gasteiger partial charge is 0.264 e. The molecule has 1 fully saturated rings. The Bertz CT molecular complexity index is 644. The highest BCUT2D eigenvalue weighted by Crippen LogP contribution is 2.30. The van der Waals surface area contributed by atoms with Crippen LogP contribution in [0.2, 0.25) is 5.15 Å². The van der Waals surface area contributed by atoms with Gasteiger partial charge < -0.3 is 14.8 Å². The van der Waals surface area contributed by atoms with E-state index in [9.17, 15) is 4.79 Å². The third-order valence-corrected chi connectivity index (χ3v) is 4.55. The van der Waals surface area contributed by atoms with Gasteiger partial charge >= 0.3 is 0 Å². The number of hydrogen-bond donors (Lipinski definition) is 1. The summed E-state index contributed by atoms with van der Waals surface area (Å²) in [5.41, 5.74) is 0.834. The van der Waals surface area contributed by atoms with Gasteiger partial charge in [0, 0.05) is 30.9 Å². The topological polar surface area (TPSA) is 73.3 Å². The minimum absolute atomic E-state index is 0.203. The first-order valence-corrected chi connectivity index (χ1v) is 8.01. The number of aromatic nitrogens is 2. The van der Waals surface area contributed by atoms with Crippen molar-refractivity contribution in [3.05, 3.63) is 34.6 Å². The van der Waals surface area contributed by atoms with E-state index in [1.807, 2.05) is 12.1 Å². The molecule has 0 saturated carbocycles. The molecule has 1 N–H and O–H groups in total. The van der Waals surface area contributed by atoms with Gasteiger partial charge in [0.2, 0.25) is 0 Å². The van der Waals surface area contributed by atoms with E-state index in [-0.39, 0.29) is 17.4 Å². The predicted molar refractivity (Wildman–Crippen MR) is 83.0 cm³/mol. The predicted octanol–water partition coefficient (Wildman–Crippen LogP) is 2.35. The minimum Gasteiger partial charge on any atom is -0.351 e. The van der Waals surface area contributed by atoms with Crippen LogP contribution < -0.4 is 5.32 Å². The Hall–Kier alpha value is -1.54. The van der Waals surface area contributed by atoms with Gasteiger partial charge in [0.15, 0.2) is 11.4 Å². The summed E-state index contributed by atoms with van der Waals surface area (Å²) in [5, 5.41) is 3.68. The van der Waals surface area contributed by atoms with Gasteiger partial charge in [0.05, 0.1) is 13.2 Å². The lowest BCUT2D eigenvalue weighted by molar-refractivity contribution is -0.0455. The van der Waals surface area contributed by atoms with Crippen molar-refractivity contribution in [3.63, 3.8) is 0 Å². The van der Waals surface area contributed by atoms with Crippen LogP contribution in [0, 0.1) is 0 Å². The van der Waals surface area contributed by atoms with Crippen LogP contribution in [-0.2, 0) is 9.47 Å². The zero-order valence-electron chi connectivity index (χ0n) is 11.6. The highest BCUT2D eigenvalue weighted by atomic mass is 35.5. The molecule has 0 atom stereocenters. The number of carbonyl (C=O) groups is 1. The van der Waals surface area contributed by atoms with Gasteiger partial charge in [-0.05, 0) is 12.1 Å². The molecule has 0 aromatic carbocycles. The summed E-state index contributed by atoms with van der Waals surface area (Å²) in [6.45, 7) is 1.67. The quantitative estimate of drug-likeness (QED) is 0.905. The van der Waals surface area contributed by atoms with Crippen molar-refractivity contribution in [1.82, 2.24) is 15.3 Å². The van der Waals surface area contributed by atoms with E-state index in [1.165, 1.54) is 11.3 Å². The second kappa shape index (κ2) is 7.15. The molecular formula is C14H14ClN3O3S. The number of hydrogen-bond acceptors (Lipinski definition) is 6. The number of amides is 1. The summed E-state index contributed by atoms with van der Waals surface area (Å²) in [4.78, 5) is 20.8. The monoisotopic (exact) mass is 339 g/mol. The Morgan fingerprint density at radius 2 is 2.27 bits per heavy atom. The molecule has 116 valence electrons. The van der Waals surface area contributed by atoms with Crippen LogP contribution >= 0.6 is 22.9 Å². The van der Waals surface area contributed by atoms with Crippen molar-refractivity contribution in [2.24, 2.45) is 0 Å². The third-order valence-electron chi connectivity index (χ3n) is 3.06. The number of thiazole rings is 1. The van der Waals surface area contributed by atoms with Crippen LogP contribution in [0.25, 0.3) is 10.6 Å². The lowest BCUT2D eigenvalue weighted by atomic mass is 10.3. The molecule has 0 radical (unpaired) electrons. The first-order valence-electron chi connectivity index (χ1n) is 6.82. The van der Waals surface area contributed by atoms with Gasteiger partial charge in [-0.2, -0.15) is 0 Å². The molecule has 0 spiro atoms. The average molecular weight is 340 g/mol. The molecule has 22 heavy (non-hydrogen) atoms. The van der Waals surface area contributed by atoms with Crippen molar-refractivity contribution in [2.75, 3.05) is 19.8 Å². The summed E-state index contributed by atoms with van der Waals surface area (Å²) in [6, 6.07) is 3.69. The molecule has 8 heteroatoms. The molecule has 3 heterocycles. The molecule has 1 saturated heterocycles. The molecule has 0 unspecified atom stereocenters. The summed E-state index contributed by atoms with van der Waals surface area (Å²) < 4.78 is 10.6. The Kier molecular flexibility index (Phi) is 4.99. The normalized spacial score (nSPS) is 15.1. The second-order valence-electron chi connectivity index (χ2n) is 4.60. The standard InChI is InChI=1S/C14H14ClN3O3S/c15-12-11(13(19)17-5-3-10-20-6-7-21-10)22-14(18-12)9-2-1-4-16-8-9/h1-2,4,8,10H,3,5-7H2,(H,17,19). The molecule has 3 rings (SSSR count). The summed E-state index contributed by atoms with van der Waals surface area (Å²) in [6.07, 6.45) is 3.74. The number of rotatable bonds is 5. The van der Waals surface area contributed by atoms with Gasteiger partial charge in [-0.1, -0.05) is 11.6 Å². The van der Waals surface area contributed by atoms with Crippen LogP contribution in [0.5, 0.6) is 0 Å². The fraction of sp³-hybridized carbons (Fsp3) is 0.357. The SMILES string of the molecule is O=C(NCCC1OCCO1)c1sc(-c2cccnc2)nc1Cl. The molecule has 1 aliphatic heterocycles. The van der Waals surface area contributed by atoms with Gasteiger partial charge in [0.25, 0.3) is 5.91 Å². The van der Waals surface area contributed by atoms with E-state index in [0.717, 1.165) is 5.56 Å². The molecule has 1 aliphatic rings. The number of nitrogens with zero attached hydrogens (tertiary/aromatic N) is 2. The van der Waals surface area contributed by atoms with E-state index >= 15 is 0 Å². The Balaban J connectivity index is 1.61. The molecular weight excluding hydrogens is 326 g/mol. The van der Waals surface area contributed by atoms with Crippen LogP contribution in [-0.4, -0.2) is 41.9 Å². The molecule has 1 amide bonds. The summed E-state index contributed by atoms with van der Waals surface area (Å²) in [7, 11) is 0. The molecule has 0 bridgehead atoms. The minimum atomic E-state index is -0.240. The maximum absolute atomic E-state index is 12.2. The molecule has 0 aliphatic carbocycles. The Labute approximate surface area is 136 Å². The van der Waals surface area contributed by atoms with Crippen LogP contribution in [0.3, 0.4) is 0 Å². The van der Waals surface area contributed by atoms with Crippen molar-refractivity contribution in [2.45, 2.75) is 12.7 Å². The van der Waals surface area contributed by atoms with Crippen LogP contribution in [0.15, 0.2) is 24.5 Å². The zero-order chi connectivity index (χ0) is 15.4. The Morgan fingerprint density at radius 3 is 3.00 bits per heavy atom. The van der Waals surface area contributed by atoms with E-state index in [2.05, 4.69) is 15.3 Å². The summed E-state index contributed by atoms with van der Waals surface area (Å²) >= 11 is 7.31. The first-order chi connectivity index (χ1) is 10.7. The second-order valence-corrected chi connectivity index (χ2v) is 5.95. The number of pyridine rings is 1. The van der Waals surface area contributed by atoms with Gasteiger partial charge in [-0.25, -0.2) is 4.98 Å². The highest BCUT2D eigenvalue weighted by molar-refractivity contribution is 7.17. The number of nitrogens with one attached hydrogen (secondary N) is 1.